The molecule has 0 aromatic heterocycles. The number of hydrogen-bond donors (Lipinski definition) is 1. The van der Waals surface area contributed by atoms with Crippen LogP contribution in [0.15, 0.2) is 86.5 Å². The summed E-state index contributed by atoms with van der Waals surface area (Å²) in [5.41, 5.74) is 12.9. The van der Waals surface area contributed by atoms with Gasteiger partial charge < -0.3 is 5.32 Å². The van der Waals surface area contributed by atoms with E-state index in [4.69, 9.17) is 0 Å². The summed E-state index contributed by atoms with van der Waals surface area (Å²) >= 11 is 0. The van der Waals surface area contributed by atoms with Gasteiger partial charge in [-0.3, -0.25) is 0 Å². The van der Waals surface area contributed by atoms with E-state index < -0.39 is 0 Å². The Bertz CT molecular complexity index is 1100. The van der Waals surface area contributed by atoms with E-state index in [0.29, 0.717) is 0 Å². The van der Waals surface area contributed by atoms with E-state index in [2.05, 4.69) is 113 Å². The zero-order valence-corrected chi connectivity index (χ0v) is 23.1. The highest BCUT2D eigenvalue weighted by molar-refractivity contribution is 5.97. The fraction of sp³-hybridized carbons (Fsp3) is 0.294. The normalized spacial score (nSPS) is 11.1. The lowest BCUT2D eigenvalue weighted by Crippen LogP contribution is -2.11. The summed E-state index contributed by atoms with van der Waals surface area (Å²) in [6.45, 7) is 25.7. The Labute approximate surface area is 215 Å². The van der Waals surface area contributed by atoms with Gasteiger partial charge in [0, 0.05) is 12.2 Å². The molecule has 1 N–H and O–H groups in total. The lowest BCUT2D eigenvalue weighted by molar-refractivity contribution is 0.825. The van der Waals surface area contributed by atoms with E-state index in [-0.39, 0.29) is 0 Å². The van der Waals surface area contributed by atoms with Crippen molar-refractivity contribution in [2.75, 3.05) is 6.54 Å². The molecule has 0 fully saturated rings. The average molecular weight is 468 g/mol. The third-order valence-corrected chi connectivity index (χ3v) is 5.87. The molecule has 0 spiro atoms. The molecule has 1 heteroatoms. The number of nitrogens with one attached hydrogen (secondary N) is 1. The van der Waals surface area contributed by atoms with Crippen LogP contribution >= 0.6 is 0 Å². The molecule has 1 aliphatic rings. The SMILES string of the molecule is C=C.C=C(NCCC)c1cccc(-c2ccc3c(c2)C(C)=C(c2ccc(C)cc2)C3)c1.CC.CC. The van der Waals surface area contributed by atoms with Crippen molar-refractivity contribution in [3.05, 3.63) is 114 Å². The Hall–Kier alpha value is -3.32. The Morgan fingerprint density at radius 2 is 1.40 bits per heavy atom. The van der Waals surface area contributed by atoms with E-state index in [0.717, 1.165) is 30.6 Å². The minimum Gasteiger partial charge on any atom is -0.385 e. The van der Waals surface area contributed by atoms with Gasteiger partial charge >= 0.3 is 0 Å². The van der Waals surface area contributed by atoms with Crippen molar-refractivity contribution in [2.45, 2.75) is 61.3 Å². The van der Waals surface area contributed by atoms with Gasteiger partial charge in [0.1, 0.15) is 0 Å². The van der Waals surface area contributed by atoms with Crippen LogP contribution < -0.4 is 5.32 Å². The maximum Gasteiger partial charge on any atom is 0.0340 e. The van der Waals surface area contributed by atoms with E-state index >= 15 is 0 Å². The highest BCUT2D eigenvalue weighted by atomic mass is 14.9. The van der Waals surface area contributed by atoms with Crippen molar-refractivity contribution in [3.8, 4) is 11.1 Å². The van der Waals surface area contributed by atoms with Gasteiger partial charge in [-0.05, 0) is 83.3 Å². The third-order valence-electron chi connectivity index (χ3n) is 5.87. The van der Waals surface area contributed by atoms with Gasteiger partial charge in [-0.1, -0.05) is 101 Å². The lowest BCUT2D eigenvalue weighted by Gasteiger charge is -2.11. The number of fused-ring (bicyclic) bond motifs is 1. The average Bonchev–Trinajstić information content (AvgIpc) is 3.26. The summed E-state index contributed by atoms with van der Waals surface area (Å²) in [6, 6.07) is 24.5. The molecule has 0 bridgehead atoms. The predicted molar refractivity (Wildman–Crippen MR) is 161 cm³/mol. The minimum absolute atomic E-state index is 0.952. The van der Waals surface area contributed by atoms with Crippen molar-refractivity contribution in [1.82, 2.24) is 5.32 Å². The standard InChI is InChI=1S/C28H29N.2C2H6.C2H4/c1-5-15-29-21(4)23-7-6-8-24(16-23)25-13-14-26-18-27(20(3)28(26)17-25)22-11-9-19(2)10-12-22;3*1-2/h6-14,16-17,29H,4-5,15,18H2,1-3H3;2*1-2H3;1-2H2. The second kappa shape index (κ2) is 15.6. The van der Waals surface area contributed by atoms with Crippen LogP contribution in [0.1, 0.15) is 75.8 Å². The maximum atomic E-state index is 4.20. The molecule has 0 radical (unpaired) electrons. The monoisotopic (exact) mass is 467 g/mol. The van der Waals surface area contributed by atoms with Crippen LogP contribution in [0.2, 0.25) is 0 Å². The smallest absolute Gasteiger partial charge is 0.0340 e. The van der Waals surface area contributed by atoms with Crippen LogP contribution in [0.25, 0.3) is 28.0 Å². The minimum atomic E-state index is 0.952. The third kappa shape index (κ3) is 7.59. The quantitative estimate of drug-likeness (QED) is 0.356. The molecule has 0 unspecified atom stereocenters. The summed E-state index contributed by atoms with van der Waals surface area (Å²) in [5, 5.41) is 3.40. The molecule has 0 saturated carbocycles. The number of hydrogen-bond acceptors (Lipinski definition) is 1. The molecule has 35 heavy (non-hydrogen) atoms. The van der Waals surface area contributed by atoms with Gasteiger partial charge in [-0.15, -0.1) is 13.2 Å². The van der Waals surface area contributed by atoms with Crippen LogP contribution in [0.3, 0.4) is 0 Å². The van der Waals surface area contributed by atoms with Crippen LogP contribution in [0.5, 0.6) is 0 Å². The van der Waals surface area contributed by atoms with E-state index in [1.165, 1.54) is 44.5 Å². The molecule has 186 valence electrons. The molecule has 4 rings (SSSR count). The van der Waals surface area contributed by atoms with Crippen LogP contribution in [-0.4, -0.2) is 6.54 Å². The van der Waals surface area contributed by atoms with Gasteiger partial charge in [0.25, 0.3) is 0 Å². The first-order valence-corrected chi connectivity index (χ1v) is 13.0. The molecule has 0 amide bonds. The lowest BCUT2D eigenvalue weighted by atomic mass is 9.97. The van der Waals surface area contributed by atoms with E-state index in [1.54, 1.807) is 0 Å². The van der Waals surface area contributed by atoms with Gasteiger partial charge in [0.2, 0.25) is 0 Å². The second-order valence-electron chi connectivity index (χ2n) is 8.00. The molecular formula is C34H45N. The Morgan fingerprint density at radius 3 is 2.03 bits per heavy atom. The summed E-state index contributed by atoms with van der Waals surface area (Å²) in [4.78, 5) is 0. The van der Waals surface area contributed by atoms with Gasteiger partial charge in [-0.25, -0.2) is 0 Å². The van der Waals surface area contributed by atoms with Gasteiger partial charge in [0.05, 0.1) is 0 Å². The van der Waals surface area contributed by atoms with Crippen molar-refractivity contribution in [1.29, 1.82) is 0 Å². The first-order valence-electron chi connectivity index (χ1n) is 13.0. The summed E-state index contributed by atoms with van der Waals surface area (Å²) < 4.78 is 0. The van der Waals surface area contributed by atoms with Crippen molar-refractivity contribution < 1.29 is 0 Å². The zero-order valence-electron chi connectivity index (χ0n) is 23.1. The van der Waals surface area contributed by atoms with E-state index in [1.807, 2.05) is 27.7 Å². The van der Waals surface area contributed by atoms with Crippen molar-refractivity contribution in [2.24, 2.45) is 0 Å². The largest absolute Gasteiger partial charge is 0.385 e. The highest BCUT2D eigenvalue weighted by Gasteiger charge is 2.20. The zero-order chi connectivity index (χ0) is 26.4. The number of rotatable bonds is 6. The molecular weight excluding hydrogens is 422 g/mol. The molecule has 0 heterocycles. The Kier molecular flexibility index (Phi) is 13.2. The fourth-order valence-corrected chi connectivity index (χ4v) is 4.08. The summed E-state index contributed by atoms with van der Waals surface area (Å²) in [7, 11) is 0. The highest BCUT2D eigenvalue weighted by Crippen LogP contribution is 2.40. The van der Waals surface area contributed by atoms with Crippen LogP contribution in [0, 0.1) is 6.92 Å². The van der Waals surface area contributed by atoms with Gasteiger partial charge in [-0.2, -0.15) is 0 Å². The Morgan fingerprint density at radius 1 is 0.800 bits per heavy atom. The molecule has 3 aromatic rings. The molecule has 0 aliphatic heterocycles. The predicted octanol–water partition coefficient (Wildman–Crippen LogP) is 9.97. The maximum absolute atomic E-state index is 4.20. The van der Waals surface area contributed by atoms with E-state index in [9.17, 15) is 0 Å². The van der Waals surface area contributed by atoms with Crippen molar-refractivity contribution >= 4 is 16.8 Å². The number of aryl methyl sites for hydroxylation is 1. The fourth-order valence-electron chi connectivity index (χ4n) is 4.08. The molecule has 1 nitrogen and oxygen atoms in total. The van der Waals surface area contributed by atoms with Crippen molar-refractivity contribution in [3.63, 3.8) is 0 Å². The van der Waals surface area contributed by atoms with Gasteiger partial charge in [0.15, 0.2) is 0 Å². The topological polar surface area (TPSA) is 12.0 Å². The number of benzene rings is 3. The molecule has 3 aromatic carbocycles. The second-order valence-corrected chi connectivity index (χ2v) is 8.00. The molecule has 1 aliphatic carbocycles. The molecule has 0 atom stereocenters. The Balaban J connectivity index is 0.000000949. The summed E-state index contributed by atoms with van der Waals surface area (Å²) in [5.74, 6) is 0. The molecule has 0 saturated heterocycles. The van der Waals surface area contributed by atoms with Crippen LogP contribution in [0.4, 0.5) is 0 Å². The van der Waals surface area contributed by atoms with Crippen LogP contribution in [-0.2, 0) is 6.42 Å². The first kappa shape index (κ1) is 29.7. The first-order chi connectivity index (χ1) is 17.1. The summed E-state index contributed by atoms with van der Waals surface area (Å²) in [6.07, 6.45) is 2.11. The number of allylic oxidation sites excluding steroid dienone is 2.